The maximum atomic E-state index is 14.4. The SMILES string of the molecule is O=S(=O)(Nc1ccc(OCc2nnc(-c3ccccc3)o2)c(F)c1)c1ccc(Cl)cc1. The van der Waals surface area contributed by atoms with Gasteiger partial charge in [-0.3, -0.25) is 4.72 Å². The number of hydrogen-bond donors (Lipinski definition) is 1. The summed E-state index contributed by atoms with van der Waals surface area (Å²) in [6.07, 6.45) is 0. The number of aromatic nitrogens is 2. The van der Waals surface area contributed by atoms with Crippen molar-refractivity contribution in [1.82, 2.24) is 10.2 Å². The van der Waals surface area contributed by atoms with Gasteiger partial charge >= 0.3 is 0 Å². The molecule has 4 rings (SSSR count). The Morgan fingerprint density at radius 1 is 1.00 bits per heavy atom. The summed E-state index contributed by atoms with van der Waals surface area (Å²) in [5.41, 5.74) is 0.800. The normalized spacial score (nSPS) is 11.3. The zero-order valence-electron chi connectivity index (χ0n) is 15.8. The molecule has 10 heteroatoms. The molecular weight excluding hydrogens is 445 g/mol. The summed E-state index contributed by atoms with van der Waals surface area (Å²) >= 11 is 5.77. The van der Waals surface area contributed by atoms with Crippen molar-refractivity contribution in [3.63, 3.8) is 0 Å². The zero-order valence-corrected chi connectivity index (χ0v) is 17.4. The third kappa shape index (κ3) is 5.01. The maximum Gasteiger partial charge on any atom is 0.261 e. The number of nitrogens with one attached hydrogen (secondary N) is 1. The highest BCUT2D eigenvalue weighted by atomic mass is 35.5. The van der Waals surface area contributed by atoms with Crippen LogP contribution >= 0.6 is 11.6 Å². The Morgan fingerprint density at radius 2 is 1.74 bits per heavy atom. The van der Waals surface area contributed by atoms with Crippen LogP contribution in [0.3, 0.4) is 0 Å². The van der Waals surface area contributed by atoms with Gasteiger partial charge in [0, 0.05) is 16.7 Å². The highest BCUT2D eigenvalue weighted by molar-refractivity contribution is 7.92. The van der Waals surface area contributed by atoms with E-state index < -0.39 is 15.8 Å². The molecule has 0 unspecified atom stereocenters. The zero-order chi connectivity index (χ0) is 21.8. The van der Waals surface area contributed by atoms with Crippen LogP contribution in [0.1, 0.15) is 5.89 Å². The van der Waals surface area contributed by atoms with E-state index in [1.807, 2.05) is 30.3 Å². The molecule has 0 saturated carbocycles. The molecule has 0 amide bonds. The van der Waals surface area contributed by atoms with Crippen LogP contribution < -0.4 is 9.46 Å². The van der Waals surface area contributed by atoms with Crippen LogP contribution in [-0.2, 0) is 16.6 Å². The standard InChI is InChI=1S/C21H15ClFN3O4S/c22-15-6-9-17(10-7-15)31(27,28)26-16-8-11-19(18(23)12-16)29-13-20-24-25-21(30-20)14-4-2-1-3-5-14/h1-12,26H,13H2. The molecule has 0 aliphatic heterocycles. The van der Waals surface area contributed by atoms with Crippen molar-refractivity contribution in [1.29, 1.82) is 0 Å². The summed E-state index contributed by atoms with van der Waals surface area (Å²) in [5, 5.41) is 8.22. The lowest BCUT2D eigenvalue weighted by atomic mass is 10.2. The van der Waals surface area contributed by atoms with Gasteiger partial charge in [0.1, 0.15) is 0 Å². The van der Waals surface area contributed by atoms with Gasteiger partial charge in [-0.1, -0.05) is 29.8 Å². The third-order valence-corrected chi connectivity index (χ3v) is 5.80. The lowest BCUT2D eigenvalue weighted by Gasteiger charge is -2.10. The summed E-state index contributed by atoms with van der Waals surface area (Å²) in [5.74, 6) is -0.342. The molecule has 0 aliphatic carbocycles. The highest BCUT2D eigenvalue weighted by Crippen LogP contribution is 2.25. The number of sulfonamides is 1. The average molecular weight is 460 g/mol. The van der Waals surface area contributed by atoms with Crippen LogP contribution in [0.4, 0.5) is 10.1 Å². The molecule has 0 aliphatic rings. The van der Waals surface area contributed by atoms with E-state index >= 15 is 0 Å². The summed E-state index contributed by atoms with van der Waals surface area (Å²) in [6.45, 7) is -0.146. The fourth-order valence-electron chi connectivity index (χ4n) is 2.66. The molecule has 0 saturated heterocycles. The Morgan fingerprint density at radius 3 is 2.45 bits per heavy atom. The van der Waals surface area contributed by atoms with Gasteiger partial charge in [0.05, 0.1) is 10.6 Å². The minimum atomic E-state index is -3.89. The molecule has 0 atom stereocenters. The third-order valence-electron chi connectivity index (χ3n) is 4.15. The fraction of sp³-hybridized carbons (Fsp3) is 0.0476. The van der Waals surface area contributed by atoms with Crippen LogP contribution in [0.25, 0.3) is 11.5 Å². The first-order valence-electron chi connectivity index (χ1n) is 8.99. The van der Waals surface area contributed by atoms with Crippen LogP contribution in [0, 0.1) is 5.82 Å². The predicted molar refractivity (Wildman–Crippen MR) is 113 cm³/mol. The van der Waals surface area contributed by atoms with E-state index in [4.69, 9.17) is 20.8 Å². The van der Waals surface area contributed by atoms with E-state index in [0.29, 0.717) is 10.9 Å². The van der Waals surface area contributed by atoms with Crippen molar-refractivity contribution in [3.8, 4) is 17.2 Å². The largest absolute Gasteiger partial charge is 0.481 e. The molecule has 0 bridgehead atoms. The minimum Gasteiger partial charge on any atom is -0.481 e. The lowest BCUT2D eigenvalue weighted by Crippen LogP contribution is -2.13. The first-order valence-corrected chi connectivity index (χ1v) is 10.9. The topological polar surface area (TPSA) is 94.3 Å². The van der Waals surface area contributed by atoms with Gasteiger partial charge in [0.15, 0.2) is 18.2 Å². The molecule has 31 heavy (non-hydrogen) atoms. The molecule has 158 valence electrons. The molecule has 3 aromatic carbocycles. The van der Waals surface area contributed by atoms with Gasteiger partial charge in [-0.2, -0.15) is 0 Å². The predicted octanol–water partition coefficient (Wildman–Crippen LogP) is 4.91. The van der Waals surface area contributed by atoms with Gasteiger partial charge < -0.3 is 9.15 Å². The van der Waals surface area contributed by atoms with Gasteiger partial charge in [-0.05, 0) is 48.5 Å². The second kappa shape index (κ2) is 8.75. The number of benzene rings is 3. The smallest absolute Gasteiger partial charge is 0.261 e. The van der Waals surface area contributed by atoms with Gasteiger partial charge in [-0.15, -0.1) is 10.2 Å². The number of halogens is 2. The van der Waals surface area contributed by atoms with Crippen molar-refractivity contribution in [2.24, 2.45) is 0 Å². The quantitative estimate of drug-likeness (QED) is 0.422. The Hall–Kier alpha value is -3.43. The summed E-state index contributed by atoms with van der Waals surface area (Å²) < 4.78 is 52.4. The Kier molecular flexibility index (Phi) is 5.88. The minimum absolute atomic E-state index is 0.00301. The van der Waals surface area contributed by atoms with E-state index in [1.165, 1.54) is 36.4 Å². The number of hydrogen-bond acceptors (Lipinski definition) is 6. The molecule has 0 radical (unpaired) electrons. The molecular formula is C21H15ClFN3O4S. The number of rotatable bonds is 7. The van der Waals surface area contributed by atoms with Crippen molar-refractivity contribution < 1.29 is 22.0 Å². The average Bonchev–Trinajstić information content (AvgIpc) is 3.23. The molecule has 4 aromatic rings. The summed E-state index contributed by atoms with van der Waals surface area (Å²) in [4.78, 5) is 0.00301. The number of ether oxygens (including phenoxy) is 1. The van der Waals surface area contributed by atoms with Crippen LogP contribution in [-0.4, -0.2) is 18.6 Å². The summed E-state index contributed by atoms with van der Waals surface area (Å²) in [7, 11) is -3.89. The van der Waals surface area contributed by atoms with Crippen molar-refractivity contribution in [2.45, 2.75) is 11.5 Å². The molecule has 1 heterocycles. The first-order chi connectivity index (χ1) is 14.9. The van der Waals surface area contributed by atoms with Crippen molar-refractivity contribution >= 4 is 27.3 Å². The van der Waals surface area contributed by atoms with E-state index in [-0.39, 0.29) is 28.8 Å². The molecule has 7 nitrogen and oxygen atoms in total. The summed E-state index contributed by atoms with van der Waals surface area (Å²) in [6, 6.07) is 18.5. The Bertz CT molecular complexity index is 1300. The Balaban J connectivity index is 1.42. The van der Waals surface area contributed by atoms with Crippen molar-refractivity contribution in [2.75, 3.05) is 4.72 Å². The maximum absolute atomic E-state index is 14.4. The highest BCUT2D eigenvalue weighted by Gasteiger charge is 2.16. The fourth-order valence-corrected chi connectivity index (χ4v) is 3.83. The monoisotopic (exact) mass is 459 g/mol. The molecule has 1 N–H and O–H groups in total. The number of nitrogens with zero attached hydrogens (tertiary/aromatic N) is 2. The van der Waals surface area contributed by atoms with E-state index in [0.717, 1.165) is 11.6 Å². The Labute approximate surface area is 182 Å². The van der Waals surface area contributed by atoms with Gasteiger partial charge in [-0.25, -0.2) is 12.8 Å². The second-order valence-corrected chi connectivity index (χ2v) is 8.48. The first kappa shape index (κ1) is 20.8. The molecule has 0 fully saturated rings. The molecule has 0 spiro atoms. The van der Waals surface area contributed by atoms with E-state index in [9.17, 15) is 12.8 Å². The van der Waals surface area contributed by atoms with Crippen LogP contribution in [0.2, 0.25) is 5.02 Å². The number of anilines is 1. The van der Waals surface area contributed by atoms with E-state index in [1.54, 1.807) is 0 Å². The lowest BCUT2D eigenvalue weighted by molar-refractivity contribution is 0.253. The van der Waals surface area contributed by atoms with Gasteiger partial charge in [0.2, 0.25) is 5.89 Å². The van der Waals surface area contributed by atoms with E-state index in [2.05, 4.69) is 14.9 Å². The second-order valence-electron chi connectivity index (χ2n) is 6.36. The van der Waals surface area contributed by atoms with Crippen LogP contribution in [0.15, 0.2) is 82.1 Å². The van der Waals surface area contributed by atoms with Crippen LogP contribution in [0.5, 0.6) is 5.75 Å². The van der Waals surface area contributed by atoms with Crippen molar-refractivity contribution in [3.05, 3.63) is 89.5 Å². The van der Waals surface area contributed by atoms with Gasteiger partial charge in [0.25, 0.3) is 15.9 Å². The molecule has 1 aromatic heterocycles.